The van der Waals surface area contributed by atoms with E-state index in [2.05, 4.69) is 4.98 Å². The smallest absolute Gasteiger partial charge is 0.266 e. The lowest BCUT2D eigenvalue weighted by atomic mass is 10.1. The van der Waals surface area contributed by atoms with Crippen molar-refractivity contribution in [3.05, 3.63) is 68.0 Å². The summed E-state index contributed by atoms with van der Waals surface area (Å²) in [5.41, 5.74) is 0.964. The molecule has 0 unspecified atom stereocenters. The minimum atomic E-state index is -0.483. The average Bonchev–Trinajstić information content (AvgIpc) is 2.55. The molecule has 0 aliphatic rings. The van der Waals surface area contributed by atoms with Crippen molar-refractivity contribution in [2.24, 2.45) is 0 Å². The number of hydrogen-bond acceptors (Lipinski definition) is 4. The first-order valence-electron chi connectivity index (χ1n) is 7.31. The van der Waals surface area contributed by atoms with Crippen molar-refractivity contribution < 1.29 is 4.74 Å². The molecule has 6 nitrogen and oxygen atoms in total. The highest BCUT2D eigenvalue weighted by atomic mass is 16.5. The second-order valence-corrected chi connectivity index (χ2v) is 5.48. The fourth-order valence-corrected chi connectivity index (χ4v) is 2.87. The molecule has 6 heteroatoms. The summed E-state index contributed by atoms with van der Waals surface area (Å²) in [7, 11) is 1.57. The fraction of sp³-hybridized carbons (Fsp3) is 0.167. The number of ether oxygens (including phenoxy) is 1. The molecule has 0 spiro atoms. The van der Waals surface area contributed by atoms with Crippen LogP contribution in [0.5, 0.6) is 5.75 Å². The average molecular weight is 321 g/mol. The molecule has 2 heterocycles. The Kier molecular flexibility index (Phi) is 3.70. The van der Waals surface area contributed by atoms with Gasteiger partial charge in [-0.05, 0) is 44.2 Å². The molecule has 2 aromatic heterocycles. The normalized spacial score (nSPS) is 10.6. The lowest BCUT2D eigenvalue weighted by molar-refractivity contribution is 0.414. The standard InChI is InChI=1S/C18H15N3O3/c1-10-8-14-15(9-19)17(22)20-11(2)16(14)18(23)21(10)12-4-6-13(24-3)7-5-12/h4-8H,1-3H3,(H,20,22). The third-order valence-electron chi connectivity index (χ3n) is 4.01. The second-order valence-electron chi connectivity index (χ2n) is 5.48. The highest BCUT2D eigenvalue weighted by Gasteiger charge is 2.16. The Balaban J connectivity index is 2.42. The molecule has 0 amide bonds. The van der Waals surface area contributed by atoms with E-state index in [4.69, 9.17) is 4.74 Å². The number of nitrogens with zero attached hydrogens (tertiary/aromatic N) is 2. The Hall–Kier alpha value is -3.33. The Bertz CT molecular complexity index is 1100. The summed E-state index contributed by atoms with van der Waals surface area (Å²) in [6, 6.07) is 10.7. The van der Waals surface area contributed by atoms with E-state index in [0.717, 1.165) is 0 Å². The van der Waals surface area contributed by atoms with Crippen LogP contribution in [0.4, 0.5) is 0 Å². The zero-order chi connectivity index (χ0) is 17.4. The van der Waals surface area contributed by atoms with Gasteiger partial charge in [0.1, 0.15) is 17.4 Å². The molecule has 0 aliphatic heterocycles. The van der Waals surface area contributed by atoms with Crippen LogP contribution in [0.3, 0.4) is 0 Å². The number of nitrogens with one attached hydrogen (secondary N) is 1. The topological polar surface area (TPSA) is 87.9 Å². The Morgan fingerprint density at radius 3 is 2.42 bits per heavy atom. The van der Waals surface area contributed by atoms with Crippen molar-refractivity contribution in [3.8, 4) is 17.5 Å². The predicted octanol–water partition coefficient (Wildman–Crippen LogP) is 2.18. The van der Waals surface area contributed by atoms with Gasteiger partial charge in [-0.3, -0.25) is 14.2 Å². The van der Waals surface area contributed by atoms with E-state index in [1.54, 1.807) is 55.9 Å². The second kappa shape index (κ2) is 5.70. The number of aromatic amines is 1. The lowest BCUT2D eigenvalue weighted by Crippen LogP contribution is -2.24. The van der Waals surface area contributed by atoms with Gasteiger partial charge in [-0.25, -0.2) is 0 Å². The molecule has 0 fully saturated rings. The lowest BCUT2D eigenvalue weighted by Gasteiger charge is -2.13. The van der Waals surface area contributed by atoms with Crippen LogP contribution in [0.1, 0.15) is 17.0 Å². The number of aromatic nitrogens is 2. The summed E-state index contributed by atoms with van der Waals surface area (Å²) >= 11 is 0. The van der Waals surface area contributed by atoms with Gasteiger partial charge in [-0.15, -0.1) is 0 Å². The number of aryl methyl sites for hydroxylation is 2. The Labute approximate surface area is 137 Å². The minimum Gasteiger partial charge on any atom is -0.497 e. The maximum Gasteiger partial charge on any atom is 0.266 e. The van der Waals surface area contributed by atoms with Crippen LogP contribution in [0.15, 0.2) is 39.9 Å². The van der Waals surface area contributed by atoms with Gasteiger partial charge in [0.2, 0.25) is 0 Å². The summed E-state index contributed by atoms with van der Waals surface area (Å²) in [6.45, 7) is 3.42. The number of fused-ring (bicyclic) bond motifs is 1. The number of methoxy groups -OCH3 is 1. The van der Waals surface area contributed by atoms with Crippen LogP contribution in [0, 0.1) is 25.2 Å². The molecule has 0 saturated heterocycles. The number of hydrogen-bond donors (Lipinski definition) is 1. The number of rotatable bonds is 2. The van der Waals surface area contributed by atoms with E-state index in [0.29, 0.717) is 33.6 Å². The molecule has 3 rings (SSSR count). The van der Waals surface area contributed by atoms with Gasteiger partial charge >= 0.3 is 0 Å². The SMILES string of the molecule is COc1ccc(-n2c(C)cc3c(C#N)c(=O)[nH]c(C)c3c2=O)cc1. The number of H-pyrrole nitrogens is 1. The highest BCUT2D eigenvalue weighted by Crippen LogP contribution is 2.20. The molecule has 0 atom stereocenters. The molecule has 0 radical (unpaired) electrons. The molecular formula is C18H15N3O3. The zero-order valence-electron chi connectivity index (χ0n) is 13.5. The van der Waals surface area contributed by atoms with Crippen molar-refractivity contribution in [2.45, 2.75) is 13.8 Å². The molecule has 0 aliphatic carbocycles. The predicted molar refractivity (Wildman–Crippen MR) is 90.9 cm³/mol. The van der Waals surface area contributed by atoms with Gasteiger partial charge in [0.25, 0.3) is 11.1 Å². The van der Waals surface area contributed by atoms with E-state index in [1.807, 2.05) is 6.07 Å². The van der Waals surface area contributed by atoms with Crippen LogP contribution in [0.25, 0.3) is 16.5 Å². The van der Waals surface area contributed by atoms with Crippen molar-refractivity contribution in [3.63, 3.8) is 0 Å². The van der Waals surface area contributed by atoms with Crippen molar-refractivity contribution in [1.29, 1.82) is 5.26 Å². The first-order chi connectivity index (χ1) is 11.5. The van der Waals surface area contributed by atoms with Gasteiger partial charge in [-0.1, -0.05) is 0 Å². The molecular weight excluding hydrogens is 306 g/mol. The fourth-order valence-electron chi connectivity index (χ4n) is 2.87. The highest BCUT2D eigenvalue weighted by molar-refractivity contribution is 5.89. The van der Waals surface area contributed by atoms with Gasteiger partial charge in [0.15, 0.2) is 0 Å². The largest absolute Gasteiger partial charge is 0.497 e. The molecule has 0 bridgehead atoms. The number of pyridine rings is 2. The van der Waals surface area contributed by atoms with Gasteiger partial charge < -0.3 is 9.72 Å². The van der Waals surface area contributed by atoms with Gasteiger partial charge in [-0.2, -0.15) is 5.26 Å². The van der Waals surface area contributed by atoms with Crippen LogP contribution in [-0.4, -0.2) is 16.7 Å². The molecule has 0 saturated carbocycles. The maximum absolute atomic E-state index is 13.0. The van der Waals surface area contributed by atoms with Gasteiger partial charge in [0.05, 0.1) is 12.5 Å². The van der Waals surface area contributed by atoms with E-state index in [1.165, 1.54) is 0 Å². The van der Waals surface area contributed by atoms with Crippen LogP contribution < -0.4 is 15.9 Å². The first-order valence-corrected chi connectivity index (χ1v) is 7.31. The molecule has 120 valence electrons. The summed E-state index contributed by atoms with van der Waals surface area (Å²) in [4.78, 5) is 27.5. The Morgan fingerprint density at radius 2 is 1.83 bits per heavy atom. The van der Waals surface area contributed by atoms with E-state index in [9.17, 15) is 14.9 Å². The van der Waals surface area contributed by atoms with Crippen molar-refractivity contribution in [2.75, 3.05) is 7.11 Å². The van der Waals surface area contributed by atoms with E-state index >= 15 is 0 Å². The number of nitriles is 1. The van der Waals surface area contributed by atoms with E-state index in [-0.39, 0.29) is 11.1 Å². The summed E-state index contributed by atoms with van der Waals surface area (Å²) in [6.07, 6.45) is 0. The third kappa shape index (κ3) is 2.27. The monoisotopic (exact) mass is 321 g/mol. The molecule has 1 aromatic carbocycles. The maximum atomic E-state index is 13.0. The third-order valence-corrected chi connectivity index (χ3v) is 4.01. The minimum absolute atomic E-state index is 0.0438. The van der Waals surface area contributed by atoms with Crippen molar-refractivity contribution in [1.82, 2.24) is 9.55 Å². The summed E-state index contributed by atoms with van der Waals surface area (Å²) in [5.74, 6) is 0.692. The Morgan fingerprint density at radius 1 is 1.17 bits per heavy atom. The van der Waals surface area contributed by atoms with Crippen molar-refractivity contribution >= 4 is 10.8 Å². The molecule has 24 heavy (non-hydrogen) atoms. The summed E-state index contributed by atoms with van der Waals surface area (Å²) < 4.78 is 6.69. The number of benzene rings is 1. The van der Waals surface area contributed by atoms with Gasteiger partial charge in [0, 0.05) is 22.5 Å². The van der Waals surface area contributed by atoms with Crippen LogP contribution in [-0.2, 0) is 0 Å². The summed E-state index contributed by atoms with van der Waals surface area (Å²) in [5, 5.41) is 9.96. The van der Waals surface area contributed by atoms with Crippen LogP contribution in [0.2, 0.25) is 0 Å². The zero-order valence-corrected chi connectivity index (χ0v) is 13.5. The molecule has 1 N–H and O–H groups in total. The molecule has 3 aromatic rings. The van der Waals surface area contributed by atoms with E-state index < -0.39 is 5.56 Å². The first kappa shape index (κ1) is 15.6. The quantitative estimate of drug-likeness (QED) is 0.783. The van der Waals surface area contributed by atoms with Crippen LogP contribution >= 0.6 is 0 Å².